The molecule has 1 aromatic rings. The van der Waals surface area contributed by atoms with Crippen LogP contribution in [0.25, 0.3) is 0 Å². The summed E-state index contributed by atoms with van der Waals surface area (Å²) in [5.41, 5.74) is 7.71. The van der Waals surface area contributed by atoms with Crippen LogP contribution in [-0.2, 0) is 11.2 Å². The number of urea groups is 1. The zero-order valence-electron chi connectivity index (χ0n) is 10.7. The van der Waals surface area contributed by atoms with Crippen molar-refractivity contribution < 1.29 is 9.59 Å². The van der Waals surface area contributed by atoms with E-state index in [4.69, 9.17) is 5.73 Å². The number of hydrogen-bond acceptors (Lipinski definition) is 3. The van der Waals surface area contributed by atoms with Crippen LogP contribution in [0.5, 0.6) is 0 Å². The molecular formula is C14H18N2O2S. The van der Waals surface area contributed by atoms with Gasteiger partial charge in [-0.1, -0.05) is 24.3 Å². The van der Waals surface area contributed by atoms with Crippen LogP contribution in [0.2, 0.25) is 0 Å². The Balaban J connectivity index is 1.84. The van der Waals surface area contributed by atoms with Crippen molar-refractivity contribution in [3.63, 3.8) is 0 Å². The number of hydrogen-bond donors (Lipinski definition) is 2. The lowest BCUT2D eigenvalue weighted by Gasteiger charge is -2.24. The van der Waals surface area contributed by atoms with E-state index in [1.54, 1.807) is 11.8 Å². The molecule has 1 aromatic carbocycles. The number of fused-ring (bicyclic) bond motifs is 1. The highest BCUT2D eigenvalue weighted by Crippen LogP contribution is 2.39. The molecule has 19 heavy (non-hydrogen) atoms. The third kappa shape index (κ3) is 3.99. The minimum absolute atomic E-state index is 0.302. The van der Waals surface area contributed by atoms with Crippen molar-refractivity contribution in [2.75, 3.05) is 5.75 Å². The molecule has 1 aliphatic carbocycles. The SMILES string of the molecule is NC(=O)NC(=O)CCSC1CCCc2ccccc21. The van der Waals surface area contributed by atoms with Gasteiger partial charge in [-0.25, -0.2) is 4.79 Å². The Kier molecular flexibility index (Phi) is 4.85. The van der Waals surface area contributed by atoms with Gasteiger partial charge in [0.25, 0.3) is 0 Å². The molecule has 102 valence electrons. The van der Waals surface area contributed by atoms with Crippen molar-refractivity contribution in [2.45, 2.75) is 30.9 Å². The van der Waals surface area contributed by atoms with Gasteiger partial charge in [0.2, 0.25) is 5.91 Å². The summed E-state index contributed by atoms with van der Waals surface area (Å²) in [4.78, 5) is 21.8. The van der Waals surface area contributed by atoms with E-state index in [1.807, 2.05) is 0 Å². The van der Waals surface area contributed by atoms with Crippen molar-refractivity contribution in [3.8, 4) is 0 Å². The average Bonchev–Trinajstić information content (AvgIpc) is 2.38. The zero-order chi connectivity index (χ0) is 13.7. The van der Waals surface area contributed by atoms with E-state index < -0.39 is 6.03 Å². The largest absolute Gasteiger partial charge is 0.351 e. The molecule has 5 heteroatoms. The van der Waals surface area contributed by atoms with Crippen LogP contribution in [0.4, 0.5) is 4.79 Å². The van der Waals surface area contributed by atoms with E-state index in [9.17, 15) is 9.59 Å². The number of nitrogens with two attached hydrogens (primary N) is 1. The molecule has 1 aliphatic rings. The second-order valence-electron chi connectivity index (χ2n) is 4.61. The van der Waals surface area contributed by atoms with Crippen molar-refractivity contribution in [1.82, 2.24) is 5.32 Å². The van der Waals surface area contributed by atoms with Gasteiger partial charge in [-0.3, -0.25) is 10.1 Å². The number of amides is 3. The topological polar surface area (TPSA) is 72.2 Å². The first-order valence-electron chi connectivity index (χ1n) is 6.45. The molecule has 0 fully saturated rings. The maximum atomic E-state index is 11.3. The molecule has 4 nitrogen and oxygen atoms in total. The summed E-state index contributed by atoms with van der Waals surface area (Å²) in [5.74, 6) is 0.405. The Morgan fingerprint density at radius 1 is 1.37 bits per heavy atom. The Bertz CT molecular complexity index is 476. The van der Waals surface area contributed by atoms with E-state index in [1.165, 1.54) is 17.5 Å². The van der Waals surface area contributed by atoms with Crippen molar-refractivity contribution >= 4 is 23.7 Å². The highest BCUT2D eigenvalue weighted by Gasteiger charge is 2.20. The number of carbonyl (C=O) groups is 2. The fourth-order valence-corrected chi connectivity index (χ4v) is 3.71. The maximum absolute atomic E-state index is 11.3. The van der Waals surface area contributed by atoms with Crippen LogP contribution in [0, 0.1) is 0 Å². The van der Waals surface area contributed by atoms with E-state index in [0.717, 1.165) is 12.8 Å². The lowest BCUT2D eigenvalue weighted by molar-refractivity contribution is -0.119. The molecule has 0 saturated carbocycles. The summed E-state index contributed by atoms with van der Waals surface area (Å²) in [5, 5.41) is 2.55. The number of nitrogens with one attached hydrogen (secondary N) is 1. The predicted molar refractivity (Wildman–Crippen MR) is 76.9 cm³/mol. The van der Waals surface area contributed by atoms with Crippen LogP contribution in [0.3, 0.4) is 0 Å². The molecule has 3 N–H and O–H groups in total. The number of benzene rings is 1. The summed E-state index contributed by atoms with van der Waals surface area (Å²) < 4.78 is 0. The molecule has 3 amide bonds. The summed E-state index contributed by atoms with van der Waals surface area (Å²) in [6.07, 6.45) is 3.82. The van der Waals surface area contributed by atoms with Gasteiger partial charge in [0.1, 0.15) is 0 Å². The number of imide groups is 1. The van der Waals surface area contributed by atoms with Gasteiger partial charge in [-0.2, -0.15) is 11.8 Å². The highest BCUT2D eigenvalue weighted by atomic mass is 32.2. The molecule has 2 rings (SSSR count). The minimum atomic E-state index is -0.780. The maximum Gasteiger partial charge on any atom is 0.318 e. The second-order valence-corrected chi connectivity index (χ2v) is 5.92. The molecule has 0 saturated heterocycles. The Hall–Kier alpha value is -1.49. The van der Waals surface area contributed by atoms with Crippen molar-refractivity contribution in [1.29, 1.82) is 0 Å². The monoisotopic (exact) mass is 278 g/mol. The van der Waals surface area contributed by atoms with Crippen LogP contribution < -0.4 is 11.1 Å². The molecule has 0 radical (unpaired) electrons. The molecule has 0 spiro atoms. The third-order valence-electron chi connectivity index (χ3n) is 3.23. The summed E-state index contributed by atoms with van der Waals surface area (Å²) in [7, 11) is 0. The van der Waals surface area contributed by atoms with Gasteiger partial charge in [0.05, 0.1) is 0 Å². The van der Waals surface area contributed by atoms with Gasteiger partial charge in [-0.05, 0) is 30.4 Å². The normalized spacial score (nSPS) is 17.6. The fourth-order valence-electron chi connectivity index (χ4n) is 2.38. The molecule has 0 aromatic heterocycles. The van der Waals surface area contributed by atoms with Crippen LogP contribution in [0.1, 0.15) is 35.6 Å². The van der Waals surface area contributed by atoms with Gasteiger partial charge in [0, 0.05) is 17.4 Å². The Morgan fingerprint density at radius 3 is 2.95 bits per heavy atom. The van der Waals surface area contributed by atoms with Gasteiger partial charge < -0.3 is 5.73 Å². The number of carbonyl (C=O) groups excluding carboxylic acids is 2. The molecule has 1 atom stereocenters. The number of aryl methyl sites for hydroxylation is 1. The minimum Gasteiger partial charge on any atom is -0.351 e. The van der Waals surface area contributed by atoms with Crippen LogP contribution in [-0.4, -0.2) is 17.7 Å². The van der Waals surface area contributed by atoms with Crippen LogP contribution in [0.15, 0.2) is 24.3 Å². The second kappa shape index (κ2) is 6.61. The van der Waals surface area contributed by atoms with Gasteiger partial charge in [-0.15, -0.1) is 0 Å². The van der Waals surface area contributed by atoms with Gasteiger partial charge >= 0.3 is 6.03 Å². The van der Waals surface area contributed by atoms with Gasteiger partial charge in [0.15, 0.2) is 0 Å². The average molecular weight is 278 g/mol. The molecule has 0 bridgehead atoms. The quantitative estimate of drug-likeness (QED) is 0.888. The van der Waals surface area contributed by atoms with E-state index in [2.05, 4.69) is 29.6 Å². The lowest BCUT2D eigenvalue weighted by Crippen LogP contribution is -2.35. The predicted octanol–water partition coefficient (Wildman–Crippen LogP) is 2.38. The standard InChI is InChI=1S/C14H18N2O2S/c15-14(18)16-13(17)8-9-19-12-7-3-5-10-4-1-2-6-11(10)12/h1-2,4,6,12H,3,5,7-9H2,(H3,15,16,17,18). The smallest absolute Gasteiger partial charge is 0.318 e. The summed E-state index contributed by atoms with van der Waals surface area (Å²) in [6, 6.07) is 7.72. The molecule has 0 aliphatic heterocycles. The zero-order valence-corrected chi connectivity index (χ0v) is 11.5. The number of primary amides is 1. The van der Waals surface area contributed by atoms with E-state index >= 15 is 0 Å². The van der Waals surface area contributed by atoms with Crippen LogP contribution >= 0.6 is 11.8 Å². The number of thioether (sulfide) groups is 1. The van der Waals surface area contributed by atoms with E-state index in [0.29, 0.717) is 17.4 Å². The summed E-state index contributed by atoms with van der Waals surface area (Å²) in [6.45, 7) is 0. The Morgan fingerprint density at radius 2 is 2.16 bits per heavy atom. The highest BCUT2D eigenvalue weighted by molar-refractivity contribution is 7.99. The third-order valence-corrected chi connectivity index (χ3v) is 4.56. The lowest BCUT2D eigenvalue weighted by atomic mass is 9.91. The molecule has 0 heterocycles. The molecular weight excluding hydrogens is 260 g/mol. The summed E-state index contributed by atoms with van der Waals surface area (Å²) >= 11 is 1.78. The van der Waals surface area contributed by atoms with Crippen molar-refractivity contribution in [3.05, 3.63) is 35.4 Å². The number of rotatable bonds is 4. The first kappa shape index (κ1) is 13.9. The first-order valence-corrected chi connectivity index (χ1v) is 7.50. The Labute approximate surface area is 117 Å². The first-order chi connectivity index (χ1) is 9.16. The fraction of sp³-hybridized carbons (Fsp3) is 0.429. The van der Waals surface area contributed by atoms with Crippen molar-refractivity contribution in [2.24, 2.45) is 5.73 Å². The van der Waals surface area contributed by atoms with E-state index in [-0.39, 0.29) is 5.91 Å². The molecule has 1 unspecified atom stereocenters.